The van der Waals surface area contributed by atoms with Crippen molar-refractivity contribution in [1.29, 1.82) is 0 Å². The topological polar surface area (TPSA) is 66.8 Å². The van der Waals surface area contributed by atoms with Crippen molar-refractivity contribution in [2.24, 2.45) is 0 Å². The number of carbonyl (C=O) groups is 2. The second-order valence-electron chi connectivity index (χ2n) is 3.81. The molecule has 1 fully saturated rings. The van der Waals surface area contributed by atoms with Crippen molar-refractivity contribution >= 4 is 11.9 Å². The molecule has 0 bridgehead atoms. The van der Waals surface area contributed by atoms with Crippen LogP contribution in [-0.4, -0.2) is 53.4 Å². The normalized spacial score (nSPS) is 25.8. The van der Waals surface area contributed by atoms with Crippen molar-refractivity contribution in [2.75, 3.05) is 13.1 Å². The summed E-state index contributed by atoms with van der Waals surface area (Å²) in [6.07, 6.45) is -8.41. The molecule has 17 heavy (non-hydrogen) atoms. The molecule has 1 amide bonds. The van der Waals surface area contributed by atoms with Gasteiger partial charge in [-0.1, -0.05) is 0 Å². The maximum absolute atomic E-state index is 12.5. The van der Waals surface area contributed by atoms with Gasteiger partial charge in [-0.2, -0.15) is 13.2 Å². The molecular weight excluding hydrogens is 243 g/mol. The summed E-state index contributed by atoms with van der Waals surface area (Å²) in [7, 11) is 0. The van der Waals surface area contributed by atoms with Crippen LogP contribution in [0.3, 0.4) is 0 Å². The first-order valence-electron chi connectivity index (χ1n) is 4.89. The summed E-state index contributed by atoms with van der Waals surface area (Å²) in [4.78, 5) is 22.4. The molecule has 8 heteroatoms. The molecule has 0 aliphatic carbocycles. The summed E-state index contributed by atoms with van der Waals surface area (Å²) in [5.41, 5.74) is 0. The lowest BCUT2D eigenvalue weighted by Crippen LogP contribution is -2.54. The van der Waals surface area contributed by atoms with Crippen LogP contribution in [0.4, 0.5) is 13.2 Å². The Hall–Kier alpha value is -1.31. The van der Waals surface area contributed by atoms with Gasteiger partial charge in [0.25, 0.3) is 0 Å². The fourth-order valence-corrected chi connectivity index (χ4v) is 1.58. The average molecular weight is 255 g/mol. The molecular formula is C9H12F3NO4. The molecule has 0 saturated carbocycles. The first-order valence-corrected chi connectivity index (χ1v) is 4.89. The van der Waals surface area contributed by atoms with Crippen molar-refractivity contribution in [2.45, 2.75) is 31.7 Å². The van der Waals surface area contributed by atoms with Gasteiger partial charge in [0.05, 0.1) is 19.1 Å². The zero-order valence-corrected chi connectivity index (χ0v) is 9.03. The van der Waals surface area contributed by atoms with Gasteiger partial charge in [0.2, 0.25) is 5.91 Å². The predicted molar refractivity (Wildman–Crippen MR) is 49.2 cm³/mol. The van der Waals surface area contributed by atoms with E-state index in [2.05, 4.69) is 4.74 Å². The number of carboxylic acid groups (broad SMARTS) is 1. The van der Waals surface area contributed by atoms with Gasteiger partial charge in [-0.3, -0.25) is 9.59 Å². The number of alkyl halides is 3. The second kappa shape index (κ2) is 4.91. The molecule has 1 heterocycles. The molecule has 0 aromatic rings. The van der Waals surface area contributed by atoms with E-state index in [0.717, 1.165) is 11.8 Å². The van der Waals surface area contributed by atoms with Gasteiger partial charge >= 0.3 is 12.1 Å². The number of aliphatic carboxylic acids is 1. The van der Waals surface area contributed by atoms with Crippen molar-refractivity contribution in [3.05, 3.63) is 0 Å². The zero-order valence-electron chi connectivity index (χ0n) is 9.03. The van der Waals surface area contributed by atoms with Crippen LogP contribution < -0.4 is 0 Å². The highest BCUT2D eigenvalue weighted by Crippen LogP contribution is 2.28. The Balaban J connectivity index is 2.76. The van der Waals surface area contributed by atoms with Gasteiger partial charge in [0, 0.05) is 13.5 Å². The van der Waals surface area contributed by atoms with E-state index in [1.807, 2.05) is 0 Å². The zero-order chi connectivity index (χ0) is 13.2. The highest BCUT2D eigenvalue weighted by molar-refractivity contribution is 5.73. The third-order valence-electron chi connectivity index (χ3n) is 2.38. The molecule has 0 radical (unpaired) electrons. The molecule has 98 valence electrons. The lowest BCUT2D eigenvalue weighted by molar-refractivity contribution is -0.252. The van der Waals surface area contributed by atoms with E-state index < -0.39 is 43.2 Å². The predicted octanol–water partition coefficient (Wildman–Crippen LogP) is 0.639. The highest BCUT2D eigenvalue weighted by atomic mass is 19.4. The first-order chi connectivity index (χ1) is 7.70. The summed E-state index contributed by atoms with van der Waals surface area (Å²) in [6.45, 7) is 0.416. The Bertz CT molecular complexity index is 318. The van der Waals surface area contributed by atoms with Crippen LogP contribution in [0.15, 0.2) is 0 Å². The summed E-state index contributed by atoms with van der Waals surface area (Å²) in [6, 6.07) is 0. The highest BCUT2D eigenvalue weighted by Gasteiger charge is 2.46. The van der Waals surface area contributed by atoms with Gasteiger partial charge in [-0.05, 0) is 0 Å². The minimum Gasteiger partial charge on any atom is -0.481 e. The van der Waals surface area contributed by atoms with Crippen LogP contribution in [0.5, 0.6) is 0 Å². The Morgan fingerprint density at radius 2 is 2.00 bits per heavy atom. The van der Waals surface area contributed by atoms with Crippen LogP contribution in [0, 0.1) is 0 Å². The molecule has 0 spiro atoms. The van der Waals surface area contributed by atoms with E-state index in [1.165, 1.54) is 0 Å². The molecule has 1 aliphatic heterocycles. The Morgan fingerprint density at radius 3 is 2.41 bits per heavy atom. The minimum absolute atomic E-state index is 0.131. The second-order valence-corrected chi connectivity index (χ2v) is 3.81. The third-order valence-corrected chi connectivity index (χ3v) is 2.38. The molecule has 1 aliphatic rings. The summed E-state index contributed by atoms with van der Waals surface area (Å²) >= 11 is 0. The van der Waals surface area contributed by atoms with E-state index in [4.69, 9.17) is 5.11 Å². The van der Waals surface area contributed by atoms with Crippen LogP contribution in [0.25, 0.3) is 0 Å². The number of amides is 1. The molecule has 0 aromatic carbocycles. The van der Waals surface area contributed by atoms with E-state index in [0.29, 0.717) is 0 Å². The van der Waals surface area contributed by atoms with Crippen molar-refractivity contribution in [1.82, 2.24) is 4.90 Å². The Kier molecular flexibility index (Phi) is 3.97. The van der Waals surface area contributed by atoms with Gasteiger partial charge in [-0.15, -0.1) is 0 Å². The number of ether oxygens (including phenoxy) is 1. The van der Waals surface area contributed by atoms with E-state index in [1.54, 1.807) is 0 Å². The number of carboxylic acids is 1. The largest absolute Gasteiger partial charge is 0.481 e. The van der Waals surface area contributed by atoms with Crippen LogP contribution >= 0.6 is 0 Å². The maximum atomic E-state index is 12.5. The number of halogens is 3. The monoisotopic (exact) mass is 255 g/mol. The Morgan fingerprint density at radius 1 is 1.41 bits per heavy atom. The minimum atomic E-state index is -4.61. The fourth-order valence-electron chi connectivity index (χ4n) is 1.58. The third kappa shape index (κ3) is 3.88. The smallest absolute Gasteiger partial charge is 0.416 e. The van der Waals surface area contributed by atoms with E-state index in [9.17, 15) is 22.8 Å². The lowest BCUT2D eigenvalue weighted by atomic mass is 10.1. The number of nitrogens with zero attached hydrogens (tertiary/aromatic N) is 1. The Labute approximate surface area is 95.1 Å². The lowest BCUT2D eigenvalue weighted by Gasteiger charge is -2.37. The van der Waals surface area contributed by atoms with Crippen molar-refractivity contribution in [3.8, 4) is 0 Å². The molecule has 1 N–H and O–H groups in total. The number of carbonyl (C=O) groups excluding carboxylic acids is 1. The maximum Gasteiger partial charge on any atom is 0.416 e. The van der Waals surface area contributed by atoms with E-state index >= 15 is 0 Å². The summed E-state index contributed by atoms with van der Waals surface area (Å²) in [5.74, 6) is -1.79. The molecule has 1 rings (SSSR count). The van der Waals surface area contributed by atoms with Gasteiger partial charge < -0.3 is 14.7 Å². The molecule has 2 unspecified atom stereocenters. The van der Waals surface area contributed by atoms with Crippen molar-refractivity contribution < 1.29 is 32.6 Å². The quantitative estimate of drug-likeness (QED) is 0.786. The van der Waals surface area contributed by atoms with Gasteiger partial charge in [0.15, 0.2) is 6.10 Å². The molecule has 2 atom stereocenters. The first kappa shape index (κ1) is 13.8. The molecule has 1 saturated heterocycles. The van der Waals surface area contributed by atoms with Gasteiger partial charge in [0.1, 0.15) is 0 Å². The van der Waals surface area contributed by atoms with Crippen molar-refractivity contribution in [3.63, 3.8) is 0 Å². The fraction of sp³-hybridized carbons (Fsp3) is 0.778. The number of hydrogen-bond donors (Lipinski definition) is 1. The van der Waals surface area contributed by atoms with Crippen LogP contribution in [0.1, 0.15) is 13.3 Å². The van der Waals surface area contributed by atoms with Crippen LogP contribution in [-0.2, 0) is 14.3 Å². The standard InChI is InChI=1S/C9H12F3NO4/c1-5(14)13-3-6(2-8(15)16)17-7(4-13)9(10,11)12/h6-7H,2-4H2,1H3,(H,15,16). The number of morpholine rings is 1. The molecule has 5 nitrogen and oxygen atoms in total. The SMILES string of the molecule is CC(=O)N1CC(CC(=O)O)OC(C(F)(F)F)C1. The molecule has 0 aromatic heterocycles. The number of rotatable bonds is 2. The average Bonchev–Trinajstić information content (AvgIpc) is 2.14. The van der Waals surface area contributed by atoms with Crippen LogP contribution in [0.2, 0.25) is 0 Å². The summed E-state index contributed by atoms with van der Waals surface area (Å²) in [5, 5.41) is 8.51. The summed E-state index contributed by atoms with van der Waals surface area (Å²) < 4.78 is 42.1. The number of hydrogen-bond acceptors (Lipinski definition) is 3. The van der Waals surface area contributed by atoms with Gasteiger partial charge in [-0.25, -0.2) is 0 Å². The van der Waals surface area contributed by atoms with E-state index in [-0.39, 0.29) is 6.54 Å².